The Morgan fingerprint density at radius 2 is 1.52 bits per heavy atom. The number of carboxylic acids is 1. The van der Waals surface area contributed by atoms with Crippen molar-refractivity contribution < 1.29 is 19.4 Å². The van der Waals surface area contributed by atoms with Crippen molar-refractivity contribution in [3.05, 3.63) is 59.7 Å². The molecule has 25 heavy (non-hydrogen) atoms. The molecule has 0 radical (unpaired) electrons. The molecule has 130 valence electrons. The number of unbranched alkanes of at least 4 members (excludes halogenated alkanes) is 2. The lowest BCUT2D eigenvalue weighted by Crippen LogP contribution is -2.32. The van der Waals surface area contributed by atoms with Gasteiger partial charge in [0.1, 0.15) is 11.5 Å². The summed E-state index contributed by atoms with van der Waals surface area (Å²) in [5.41, 5.74) is 1.73. The molecule has 0 unspecified atom stereocenters. The highest BCUT2D eigenvalue weighted by Crippen LogP contribution is 2.43. The number of hydrogen-bond acceptors (Lipinski definition) is 3. The van der Waals surface area contributed by atoms with Crippen LogP contribution >= 0.6 is 0 Å². The second kappa shape index (κ2) is 7.83. The van der Waals surface area contributed by atoms with Gasteiger partial charge in [0, 0.05) is 24.1 Å². The highest BCUT2D eigenvalue weighted by atomic mass is 16.5. The fourth-order valence-corrected chi connectivity index (χ4v) is 3.08. The molecule has 0 aromatic heterocycles. The predicted octanol–water partition coefficient (Wildman–Crippen LogP) is 3.69. The molecule has 2 N–H and O–H groups in total. The second-order valence-corrected chi connectivity index (χ2v) is 6.11. The Morgan fingerprint density at radius 3 is 2.12 bits per heavy atom. The van der Waals surface area contributed by atoms with E-state index in [1.807, 2.05) is 48.5 Å². The Bertz CT molecular complexity index is 726. The van der Waals surface area contributed by atoms with Crippen LogP contribution in [-0.4, -0.2) is 23.5 Å². The molecule has 1 aliphatic heterocycles. The lowest BCUT2D eigenvalue weighted by molar-refractivity contribution is -0.137. The van der Waals surface area contributed by atoms with Gasteiger partial charge in [0.2, 0.25) is 5.91 Å². The van der Waals surface area contributed by atoms with Gasteiger partial charge in [-0.05, 0) is 25.0 Å². The van der Waals surface area contributed by atoms with Crippen LogP contribution in [0, 0.1) is 0 Å². The summed E-state index contributed by atoms with van der Waals surface area (Å²) in [4.78, 5) is 23.3. The number of rotatable bonds is 7. The highest BCUT2D eigenvalue weighted by Gasteiger charge is 2.31. The molecule has 0 spiro atoms. The Labute approximate surface area is 146 Å². The molecule has 5 nitrogen and oxygen atoms in total. The van der Waals surface area contributed by atoms with Crippen LogP contribution in [0.3, 0.4) is 0 Å². The lowest BCUT2D eigenvalue weighted by Gasteiger charge is -2.27. The van der Waals surface area contributed by atoms with Gasteiger partial charge >= 0.3 is 5.97 Å². The summed E-state index contributed by atoms with van der Waals surface area (Å²) >= 11 is 0. The van der Waals surface area contributed by atoms with Crippen molar-refractivity contribution in [2.24, 2.45) is 0 Å². The number of aliphatic carboxylic acids is 1. The normalized spacial score (nSPS) is 12.6. The maximum atomic E-state index is 12.8. The number of carbonyl (C=O) groups is 2. The fourth-order valence-electron chi connectivity index (χ4n) is 3.08. The van der Waals surface area contributed by atoms with Crippen LogP contribution in [0.5, 0.6) is 11.5 Å². The third kappa shape index (κ3) is 3.99. The van der Waals surface area contributed by atoms with Gasteiger partial charge in [-0.25, -0.2) is 0 Å². The number of hydrogen-bond donors (Lipinski definition) is 2. The number of para-hydroxylation sites is 2. The third-order valence-corrected chi connectivity index (χ3v) is 4.31. The summed E-state index contributed by atoms with van der Waals surface area (Å²) in [6.07, 6.45) is 2.36. The van der Waals surface area contributed by atoms with Crippen LogP contribution in [0.4, 0.5) is 0 Å². The van der Waals surface area contributed by atoms with Gasteiger partial charge in [-0.15, -0.1) is 0 Å². The van der Waals surface area contributed by atoms with E-state index in [9.17, 15) is 9.59 Å². The molecule has 0 atom stereocenters. The van der Waals surface area contributed by atoms with Crippen LogP contribution in [0.15, 0.2) is 48.5 Å². The summed E-state index contributed by atoms with van der Waals surface area (Å²) in [6, 6.07) is 15.2. The highest BCUT2D eigenvalue weighted by molar-refractivity contribution is 5.89. The molecule has 1 aliphatic rings. The first-order valence-corrected chi connectivity index (χ1v) is 8.52. The monoisotopic (exact) mass is 339 g/mol. The predicted molar refractivity (Wildman–Crippen MR) is 93.9 cm³/mol. The van der Waals surface area contributed by atoms with Crippen LogP contribution in [0.25, 0.3) is 0 Å². The molecule has 2 aromatic rings. The van der Waals surface area contributed by atoms with Crippen molar-refractivity contribution in [1.82, 2.24) is 5.32 Å². The first-order chi connectivity index (χ1) is 12.2. The molecular formula is C20H21NO4. The van der Waals surface area contributed by atoms with Crippen molar-refractivity contribution >= 4 is 11.9 Å². The number of amides is 1. The minimum absolute atomic E-state index is 0.0542. The Kier molecular flexibility index (Phi) is 5.33. The zero-order valence-electron chi connectivity index (χ0n) is 13.9. The molecule has 3 rings (SSSR count). The second-order valence-electron chi connectivity index (χ2n) is 6.11. The first kappa shape index (κ1) is 17.0. The standard InChI is InChI=1S/C20H21NO4/c22-18(23)12-2-1-7-13-21-20(24)19-14-8-3-5-10-16(14)25-17-11-6-4-9-15(17)19/h3-6,8-11,19H,1-2,7,12-13H2,(H,21,24)(H,22,23). The Morgan fingerprint density at radius 1 is 0.920 bits per heavy atom. The SMILES string of the molecule is O=C(O)CCCCCNC(=O)C1c2ccccc2Oc2ccccc21. The number of carboxylic acid groups (broad SMARTS) is 1. The minimum atomic E-state index is -0.778. The fraction of sp³-hybridized carbons (Fsp3) is 0.300. The largest absolute Gasteiger partial charge is 0.481 e. The minimum Gasteiger partial charge on any atom is -0.481 e. The third-order valence-electron chi connectivity index (χ3n) is 4.31. The molecule has 0 saturated heterocycles. The summed E-state index contributed by atoms with van der Waals surface area (Å²) in [7, 11) is 0. The molecule has 1 heterocycles. The van der Waals surface area contributed by atoms with E-state index in [0.29, 0.717) is 24.5 Å². The van der Waals surface area contributed by atoms with E-state index in [1.165, 1.54) is 0 Å². The zero-order valence-corrected chi connectivity index (χ0v) is 13.9. The van der Waals surface area contributed by atoms with Gasteiger partial charge in [-0.2, -0.15) is 0 Å². The summed E-state index contributed by atoms with van der Waals surface area (Å²) in [6.45, 7) is 0.542. The van der Waals surface area contributed by atoms with Crippen molar-refractivity contribution in [2.45, 2.75) is 31.6 Å². The van der Waals surface area contributed by atoms with Crippen molar-refractivity contribution in [2.75, 3.05) is 6.54 Å². The summed E-state index contributed by atoms with van der Waals surface area (Å²) < 4.78 is 5.90. The van der Waals surface area contributed by atoms with E-state index < -0.39 is 5.97 Å². The summed E-state index contributed by atoms with van der Waals surface area (Å²) in [5.74, 6) is 0.201. The molecule has 0 fully saturated rings. The molecule has 2 aromatic carbocycles. The Hall–Kier alpha value is -2.82. The van der Waals surface area contributed by atoms with Gasteiger partial charge in [0.25, 0.3) is 0 Å². The molecule has 5 heteroatoms. The molecule has 1 amide bonds. The molecule has 0 saturated carbocycles. The number of ether oxygens (including phenoxy) is 1. The van der Waals surface area contributed by atoms with E-state index in [4.69, 9.17) is 9.84 Å². The van der Waals surface area contributed by atoms with Gasteiger partial charge in [-0.3, -0.25) is 9.59 Å². The van der Waals surface area contributed by atoms with Gasteiger partial charge in [0.05, 0.1) is 5.92 Å². The van der Waals surface area contributed by atoms with Crippen molar-refractivity contribution in [1.29, 1.82) is 0 Å². The van der Waals surface area contributed by atoms with E-state index in [1.54, 1.807) is 0 Å². The van der Waals surface area contributed by atoms with E-state index in [2.05, 4.69) is 5.32 Å². The number of benzene rings is 2. The van der Waals surface area contributed by atoms with Crippen molar-refractivity contribution in [3.8, 4) is 11.5 Å². The Balaban J connectivity index is 1.67. The van der Waals surface area contributed by atoms with Crippen LogP contribution in [-0.2, 0) is 9.59 Å². The van der Waals surface area contributed by atoms with E-state index in [0.717, 1.165) is 24.0 Å². The lowest BCUT2D eigenvalue weighted by atomic mass is 9.87. The first-order valence-electron chi connectivity index (χ1n) is 8.52. The van der Waals surface area contributed by atoms with E-state index in [-0.39, 0.29) is 18.2 Å². The maximum absolute atomic E-state index is 12.8. The van der Waals surface area contributed by atoms with Crippen LogP contribution in [0.1, 0.15) is 42.7 Å². The molecular weight excluding hydrogens is 318 g/mol. The molecule has 0 bridgehead atoms. The number of carbonyl (C=O) groups excluding carboxylic acids is 1. The molecule has 0 aliphatic carbocycles. The average molecular weight is 339 g/mol. The smallest absolute Gasteiger partial charge is 0.303 e. The van der Waals surface area contributed by atoms with Gasteiger partial charge in [0.15, 0.2) is 0 Å². The van der Waals surface area contributed by atoms with Crippen LogP contribution in [0.2, 0.25) is 0 Å². The van der Waals surface area contributed by atoms with E-state index >= 15 is 0 Å². The number of fused-ring (bicyclic) bond motifs is 2. The quantitative estimate of drug-likeness (QED) is 0.755. The van der Waals surface area contributed by atoms with Crippen LogP contribution < -0.4 is 10.1 Å². The summed E-state index contributed by atoms with van der Waals surface area (Å²) in [5, 5.41) is 11.6. The maximum Gasteiger partial charge on any atom is 0.303 e. The van der Waals surface area contributed by atoms with Crippen molar-refractivity contribution in [3.63, 3.8) is 0 Å². The van der Waals surface area contributed by atoms with Gasteiger partial charge < -0.3 is 15.2 Å². The average Bonchev–Trinajstić information content (AvgIpc) is 2.62. The number of nitrogens with one attached hydrogen (secondary N) is 1. The zero-order chi connectivity index (χ0) is 17.6. The topological polar surface area (TPSA) is 75.6 Å². The van der Waals surface area contributed by atoms with Gasteiger partial charge in [-0.1, -0.05) is 42.8 Å².